The average Bonchev–Trinajstić information content (AvgIpc) is 3.25. The van der Waals surface area contributed by atoms with Crippen molar-refractivity contribution in [1.29, 1.82) is 0 Å². The molecule has 4 aromatic rings. The van der Waals surface area contributed by atoms with Crippen molar-refractivity contribution in [1.82, 2.24) is 15.5 Å². The fourth-order valence-electron chi connectivity index (χ4n) is 4.88. The first kappa shape index (κ1) is 24.2. The highest BCUT2D eigenvalue weighted by Gasteiger charge is 2.30. The lowest BCUT2D eigenvalue weighted by atomic mass is 9.98. The summed E-state index contributed by atoms with van der Waals surface area (Å²) in [5, 5.41) is 20.7. The molecular formula is C30H27N3O4. The SMILES string of the molecule is CCc1ccccc1-c1ccc(CC(NC(=O)OCC2c3ccccc3-c3ccccc32)C(=O)O)nn1. The number of amides is 1. The van der Waals surface area contributed by atoms with E-state index in [1.165, 1.54) is 0 Å². The number of hydrogen-bond donors (Lipinski definition) is 2. The van der Waals surface area contributed by atoms with Crippen LogP contribution in [0.3, 0.4) is 0 Å². The number of nitrogens with one attached hydrogen (secondary N) is 1. The van der Waals surface area contributed by atoms with Crippen LogP contribution in [-0.4, -0.2) is 40.0 Å². The van der Waals surface area contributed by atoms with Crippen molar-refractivity contribution in [3.63, 3.8) is 0 Å². The summed E-state index contributed by atoms with van der Waals surface area (Å²) in [7, 11) is 0. The molecule has 0 bridgehead atoms. The van der Waals surface area contributed by atoms with Crippen molar-refractivity contribution < 1.29 is 19.4 Å². The average molecular weight is 494 g/mol. The van der Waals surface area contributed by atoms with Gasteiger partial charge in [0.2, 0.25) is 0 Å². The van der Waals surface area contributed by atoms with Gasteiger partial charge in [0.05, 0.1) is 11.4 Å². The Morgan fingerprint density at radius 2 is 1.49 bits per heavy atom. The van der Waals surface area contributed by atoms with Crippen molar-refractivity contribution in [3.05, 3.63) is 107 Å². The van der Waals surface area contributed by atoms with Gasteiger partial charge in [0.25, 0.3) is 0 Å². The first-order valence-corrected chi connectivity index (χ1v) is 12.3. The predicted octanol–water partition coefficient (Wildman–Crippen LogP) is 5.24. The summed E-state index contributed by atoms with van der Waals surface area (Å²) < 4.78 is 5.51. The van der Waals surface area contributed by atoms with E-state index in [0.29, 0.717) is 5.69 Å². The van der Waals surface area contributed by atoms with Crippen molar-refractivity contribution in [2.75, 3.05) is 6.61 Å². The Labute approximate surface area is 215 Å². The second kappa shape index (κ2) is 10.6. The van der Waals surface area contributed by atoms with E-state index < -0.39 is 18.1 Å². The largest absolute Gasteiger partial charge is 0.480 e. The monoisotopic (exact) mass is 493 g/mol. The maximum absolute atomic E-state index is 12.6. The highest BCUT2D eigenvalue weighted by molar-refractivity contribution is 5.81. The van der Waals surface area contributed by atoms with Gasteiger partial charge in [0.1, 0.15) is 12.6 Å². The zero-order valence-electron chi connectivity index (χ0n) is 20.4. The molecule has 1 heterocycles. The van der Waals surface area contributed by atoms with E-state index in [2.05, 4.69) is 34.6 Å². The summed E-state index contributed by atoms with van der Waals surface area (Å²) in [5.74, 6) is -1.28. The number of carbonyl (C=O) groups is 2. The molecule has 37 heavy (non-hydrogen) atoms. The molecule has 0 fully saturated rings. The van der Waals surface area contributed by atoms with Crippen LogP contribution >= 0.6 is 0 Å². The summed E-state index contributed by atoms with van der Waals surface area (Å²) in [5.41, 5.74) is 7.76. The van der Waals surface area contributed by atoms with Crippen LogP contribution in [-0.2, 0) is 22.4 Å². The van der Waals surface area contributed by atoms with Crippen LogP contribution in [0.25, 0.3) is 22.4 Å². The predicted molar refractivity (Wildman–Crippen MR) is 140 cm³/mol. The van der Waals surface area contributed by atoms with E-state index in [9.17, 15) is 14.7 Å². The van der Waals surface area contributed by atoms with E-state index in [-0.39, 0.29) is 18.9 Å². The molecule has 0 radical (unpaired) electrons. The third-order valence-electron chi connectivity index (χ3n) is 6.74. The molecule has 0 saturated carbocycles. The Kier molecular flexibility index (Phi) is 6.94. The van der Waals surface area contributed by atoms with Gasteiger partial charge in [-0.2, -0.15) is 10.2 Å². The zero-order chi connectivity index (χ0) is 25.8. The Morgan fingerprint density at radius 3 is 2.08 bits per heavy atom. The minimum atomic E-state index is -1.20. The first-order valence-electron chi connectivity index (χ1n) is 12.3. The molecule has 5 rings (SSSR count). The van der Waals surface area contributed by atoms with Gasteiger partial charge in [0, 0.05) is 17.9 Å². The molecule has 7 heteroatoms. The van der Waals surface area contributed by atoms with E-state index >= 15 is 0 Å². The molecule has 1 aliphatic carbocycles. The van der Waals surface area contributed by atoms with Crippen LogP contribution in [0, 0.1) is 0 Å². The second-order valence-electron chi connectivity index (χ2n) is 8.99. The number of alkyl carbamates (subject to hydrolysis) is 1. The normalized spacial score (nSPS) is 12.9. The van der Waals surface area contributed by atoms with Crippen molar-refractivity contribution in [2.24, 2.45) is 0 Å². The van der Waals surface area contributed by atoms with Crippen LogP contribution in [0.1, 0.15) is 35.2 Å². The molecule has 2 N–H and O–H groups in total. The van der Waals surface area contributed by atoms with Crippen molar-refractivity contribution in [3.8, 4) is 22.4 Å². The number of rotatable bonds is 8. The van der Waals surface area contributed by atoms with Crippen LogP contribution < -0.4 is 5.32 Å². The topological polar surface area (TPSA) is 101 Å². The fraction of sp³-hybridized carbons (Fsp3) is 0.200. The molecule has 1 aromatic heterocycles. The zero-order valence-corrected chi connectivity index (χ0v) is 20.4. The molecule has 3 aromatic carbocycles. The first-order chi connectivity index (χ1) is 18.0. The Bertz CT molecular complexity index is 1390. The van der Waals surface area contributed by atoms with Gasteiger partial charge in [-0.3, -0.25) is 0 Å². The Balaban J connectivity index is 1.23. The van der Waals surface area contributed by atoms with Gasteiger partial charge in [0.15, 0.2) is 0 Å². The molecule has 0 saturated heterocycles. The summed E-state index contributed by atoms with van der Waals surface area (Å²) >= 11 is 0. The third kappa shape index (κ3) is 5.07. The lowest BCUT2D eigenvalue weighted by Crippen LogP contribution is -2.43. The second-order valence-corrected chi connectivity index (χ2v) is 8.99. The number of carboxylic acid groups (broad SMARTS) is 1. The molecule has 1 aliphatic rings. The standard InChI is InChI=1S/C30H27N3O4/c1-2-19-9-3-4-10-21(19)27-16-15-20(32-33-27)17-28(29(34)35)31-30(36)37-18-26-24-13-7-5-11-22(24)23-12-6-8-14-25(23)26/h3-16,26,28H,2,17-18H2,1H3,(H,31,36)(H,34,35). The number of carbonyl (C=O) groups excluding carboxylic acids is 1. The summed E-state index contributed by atoms with van der Waals surface area (Å²) in [6.07, 6.45) is 0.0724. The van der Waals surface area contributed by atoms with E-state index in [4.69, 9.17) is 4.74 Å². The number of fused-ring (bicyclic) bond motifs is 3. The Hall–Kier alpha value is -4.52. The number of carboxylic acids is 1. The van der Waals surface area contributed by atoms with Gasteiger partial charge in [-0.1, -0.05) is 79.7 Å². The van der Waals surface area contributed by atoms with Gasteiger partial charge in [-0.15, -0.1) is 0 Å². The van der Waals surface area contributed by atoms with E-state index in [0.717, 1.165) is 45.5 Å². The fourth-order valence-corrected chi connectivity index (χ4v) is 4.88. The maximum Gasteiger partial charge on any atom is 0.407 e. The summed E-state index contributed by atoms with van der Waals surface area (Å²) in [6, 6.07) is 26.4. The molecule has 1 atom stereocenters. The minimum absolute atomic E-state index is 0.0117. The van der Waals surface area contributed by atoms with Crippen molar-refractivity contribution >= 4 is 12.1 Å². The van der Waals surface area contributed by atoms with E-state index in [1.54, 1.807) is 6.07 Å². The van der Waals surface area contributed by atoms with Crippen LogP contribution in [0.5, 0.6) is 0 Å². The highest BCUT2D eigenvalue weighted by Crippen LogP contribution is 2.44. The number of hydrogen-bond acceptors (Lipinski definition) is 5. The maximum atomic E-state index is 12.6. The molecule has 0 aliphatic heterocycles. The number of nitrogens with zero attached hydrogens (tertiary/aromatic N) is 2. The smallest absolute Gasteiger partial charge is 0.407 e. The third-order valence-corrected chi connectivity index (χ3v) is 6.74. The summed E-state index contributed by atoms with van der Waals surface area (Å²) in [6.45, 7) is 2.19. The number of benzene rings is 3. The van der Waals surface area contributed by atoms with Gasteiger partial charge in [-0.05, 0) is 46.4 Å². The molecule has 0 spiro atoms. The lowest BCUT2D eigenvalue weighted by molar-refractivity contribution is -0.139. The van der Waals surface area contributed by atoms with Crippen LogP contribution in [0.15, 0.2) is 84.9 Å². The van der Waals surface area contributed by atoms with Crippen LogP contribution in [0.4, 0.5) is 4.79 Å². The molecule has 186 valence electrons. The quantitative estimate of drug-likeness (QED) is 0.348. The van der Waals surface area contributed by atoms with Gasteiger partial charge < -0.3 is 15.2 Å². The molecule has 1 amide bonds. The minimum Gasteiger partial charge on any atom is -0.480 e. The Morgan fingerprint density at radius 1 is 0.865 bits per heavy atom. The van der Waals surface area contributed by atoms with E-state index in [1.807, 2.05) is 66.7 Å². The van der Waals surface area contributed by atoms with Crippen LogP contribution in [0.2, 0.25) is 0 Å². The number of aryl methyl sites for hydroxylation is 1. The number of aromatic nitrogens is 2. The molecule has 7 nitrogen and oxygen atoms in total. The molecular weight excluding hydrogens is 466 g/mol. The van der Waals surface area contributed by atoms with Crippen molar-refractivity contribution in [2.45, 2.75) is 31.7 Å². The van der Waals surface area contributed by atoms with Gasteiger partial charge in [-0.25, -0.2) is 9.59 Å². The molecule has 1 unspecified atom stereocenters. The summed E-state index contributed by atoms with van der Waals surface area (Å²) in [4.78, 5) is 24.5. The highest BCUT2D eigenvalue weighted by atomic mass is 16.5. The number of aliphatic carboxylic acids is 1. The van der Waals surface area contributed by atoms with Gasteiger partial charge >= 0.3 is 12.1 Å². The lowest BCUT2D eigenvalue weighted by Gasteiger charge is -2.17. The number of ether oxygens (including phenoxy) is 1.